The van der Waals surface area contributed by atoms with Crippen LogP contribution in [0.3, 0.4) is 0 Å². The van der Waals surface area contributed by atoms with Gasteiger partial charge in [0.2, 0.25) is 5.91 Å². The molecule has 0 saturated heterocycles. The van der Waals surface area contributed by atoms with Crippen molar-refractivity contribution in [3.63, 3.8) is 0 Å². The Balaban J connectivity index is 2.18. The summed E-state index contributed by atoms with van der Waals surface area (Å²) >= 11 is 0. The summed E-state index contributed by atoms with van der Waals surface area (Å²) in [5.74, 6) is -0.454. The van der Waals surface area contributed by atoms with Gasteiger partial charge in [0, 0.05) is 12.2 Å². The number of anilines is 1. The summed E-state index contributed by atoms with van der Waals surface area (Å²) in [6, 6.07) is 13.3. The highest BCUT2D eigenvalue weighted by Gasteiger charge is 2.19. The molecule has 2 aromatic rings. The number of nitrogens with zero attached hydrogens (tertiary/aromatic N) is 1. The third-order valence-electron chi connectivity index (χ3n) is 3.24. The number of hydrogen-bond donors (Lipinski definition) is 2. The molecular formula is C16H19N3O. The molecule has 0 spiro atoms. The number of carbonyl (C=O) groups is 1. The maximum atomic E-state index is 12.4. The molecule has 1 atom stereocenters. The first kappa shape index (κ1) is 14.2. The highest BCUT2D eigenvalue weighted by molar-refractivity contribution is 5.96. The summed E-state index contributed by atoms with van der Waals surface area (Å²) in [5.41, 5.74) is 9.14. The van der Waals surface area contributed by atoms with Gasteiger partial charge in [-0.2, -0.15) is 0 Å². The van der Waals surface area contributed by atoms with Crippen molar-refractivity contribution < 1.29 is 4.79 Å². The lowest BCUT2D eigenvalue weighted by molar-refractivity contribution is -0.117. The van der Waals surface area contributed by atoms with Crippen LogP contribution in [0.25, 0.3) is 0 Å². The van der Waals surface area contributed by atoms with Gasteiger partial charge >= 0.3 is 0 Å². The first-order valence-corrected chi connectivity index (χ1v) is 6.62. The van der Waals surface area contributed by atoms with Crippen LogP contribution in [0.15, 0.2) is 42.5 Å². The third-order valence-corrected chi connectivity index (χ3v) is 3.24. The lowest BCUT2D eigenvalue weighted by Gasteiger charge is -2.16. The second-order valence-electron chi connectivity index (χ2n) is 4.77. The van der Waals surface area contributed by atoms with E-state index in [0.29, 0.717) is 0 Å². The van der Waals surface area contributed by atoms with Gasteiger partial charge in [0.15, 0.2) is 0 Å². The van der Waals surface area contributed by atoms with Crippen LogP contribution >= 0.6 is 0 Å². The van der Waals surface area contributed by atoms with E-state index in [1.807, 2.05) is 56.3 Å². The third kappa shape index (κ3) is 3.22. The zero-order valence-electron chi connectivity index (χ0n) is 11.8. The van der Waals surface area contributed by atoms with Crippen molar-refractivity contribution in [2.24, 2.45) is 5.73 Å². The van der Waals surface area contributed by atoms with Crippen LogP contribution in [0.4, 0.5) is 5.69 Å². The Bertz CT molecular complexity index is 596. The number of hydrogen-bond acceptors (Lipinski definition) is 3. The van der Waals surface area contributed by atoms with E-state index in [4.69, 9.17) is 5.73 Å². The average Bonchev–Trinajstić information content (AvgIpc) is 2.44. The summed E-state index contributed by atoms with van der Waals surface area (Å²) in [6.45, 7) is 4.07. The smallest absolute Gasteiger partial charge is 0.233 e. The average molecular weight is 269 g/mol. The largest absolute Gasteiger partial charge is 0.329 e. The van der Waals surface area contributed by atoms with Gasteiger partial charge in [-0.05, 0) is 31.5 Å². The van der Waals surface area contributed by atoms with Crippen molar-refractivity contribution in [1.29, 1.82) is 0 Å². The number of rotatable bonds is 4. The second-order valence-corrected chi connectivity index (χ2v) is 4.77. The topological polar surface area (TPSA) is 68.0 Å². The molecule has 2 rings (SSSR count). The van der Waals surface area contributed by atoms with Crippen LogP contribution in [0.1, 0.15) is 22.9 Å². The molecule has 0 aliphatic heterocycles. The molecule has 1 aromatic carbocycles. The van der Waals surface area contributed by atoms with E-state index < -0.39 is 0 Å². The lowest BCUT2D eigenvalue weighted by atomic mass is 9.98. The minimum Gasteiger partial charge on any atom is -0.329 e. The Morgan fingerprint density at radius 3 is 2.50 bits per heavy atom. The first-order valence-electron chi connectivity index (χ1n) is 6.62. The molecule has 4 heteroatoms. The summed E-state index contributed by atoms with van der Waals surface area (Å²) in [6.07, 6.45) is 0. The molecule has 3 N–H and O–H groups in total. The highest BCUT2D eigenvalue weighted by atomic mass is 16.1. The molecule has 20 heavy (non-hydrogen) atoms. The molecule has 1 amide bonds. The minimum absolute atomic E-state index is 0.104. The minimum atomic E-state index is -0.350. The van der Waals surface area contributed by atoms with E-state index >= 15 is 0 Å². The molecule has 0 radical (unpaired) electrons. The highest BCUT2D eigenvalue weighted by Crippen LogP contribution is 2.19. The van der Waals surface area contributed by atoms with Crippen molar-refractivity contribution in [3.8, 4) is 0 Å². The molecular weight excluding hydrogens is 250 g/mol. The predicted octanol–water partition coefficient (Wildman–Crippen LogP) is 2.38. The molecule has 104 valence electrons. The molecule has 0 aliphatic rings. The fourth-order valence-electron chi connectivity index (χ4n) is 2.12. The number of aromatic nitrogens is 1. The Kier molecular flexibility index (Phi) is 4.48. The number of nitrogens with two attached hydrogens (primary N) is 1. The van der Waals surface area contributed by atoms with Gasteiger partial charge in [0.1, 0.15) is 0 Å². The maximum Gasteiger partial charge on any atom is 0.233 e. The van der Waals surface area contributed by atoms with Gasteiger partial charge in [-0.1, -0.05) is 30.3 Å². The van der Waals surface area contributed by atoms with Crippen molar-refractivity contribution >= 4 is 11.6 Å². The zero-order chi connectivity index (χ0) is 14.5. The van der Waals surface area contributed by atoms with Gasteiger partial charge in [-0.15, -0.1) is 0 Å². The fourth-order valence-corrected chi connectivity index (χ4v) is 2.12. The van der Waals surface area contributed by atoms with Crippen LogP contribution in [-0.4, -0.2) is 17.4 Å². The van der Waals surface area contributed by atoms with Gasteiger partial charge in [-0.3, -0.25) is 9.78 Å². The van der Waals surface area contributed by atoms with Gasteiger partial charge in [0.05, 0.1) is 17.3 Å². The molecule has 0 aliphatic carbocycles. The van der Waals surface area contributed by atoms with Crippen molar-refractivity contribution in [2.45, 2.75) is 19.8 Å². The maximum absolute atomic E-state index is 12.4. The number of pyridine rings is 1. The normalized spacial score (nSPS) is 11.9. The summed E-state index contributed by atoms with van der Waals surface area (Å²) in [7, 11) is 0. The number of benzene rings is 1. The van der Waals surface area contributed by atoms with E-state index in [1.54, 1.807) is 0 Å². The lowest BCUT2D eigenvalue weighted by Crippen LogP contribution is -2.27. The number of amides is 1. The molecule has 1 heterocycles. The second kappa shape index (κ2) is 6.30. The number of carbonyl (C=O) groups excluding carboxylic acids is 1. The Labute approximate surface area is 119 Å². The summed E-state index contributed by atoms with van der Waals surface area (Å²) in [4.78, 5) is 16.7. The predicted molar refractivity (Wildman–Crippen MR) is 80.6 cm³/mol. The van der Waals surface area contributed by atoms with Crippen molar-refractivity contribution in [2.75, 3.05) is 11.9 Å². The standard InChI is InChI=1S/C16H19N3O/c1-11-8-9-15(12(2)18-11)19-16(20)14(10-17)13-6-4-3-5-7-13/h3-9,14H,10,17H2,1-2H3,(H,19,20). The monoisotopic (exact) mass is 269 g/mol. The van der Waals surface area contributed by atoms with Crippen LogP contribution in [-0.2, 0) is 4.79 Å². The number of aryl methyl sites for hydroxylation is 2. The molecule has 4 nitrogen and oxygen atoms in total. The first-order chi connectivity index (χ1) is 9.61. The fraction of sp³-hybridized carbons (Fsp3) is 0.250. The van der Waals surface area contributed by atoms with Crippen LogP contribution < -0.4 is 11.1 Å². The van der Waals surface area contributed by atoms with E-state index in [9.17, 15) is 4.79 Å². The molecule has 0 bridgehead atoms. The van der Waals surface area contributed by atoms with Gasteiger partial charge in [0.25, 0.3) is 0 Å². The molecule has 0 fully saturated rings. The van der Waals surface area contributed by atoms with Crippen LogP contribution in [0.2, 0.25) is 0 Å². The van der Waals surface area contributed by atoms with Crippen molar-refractivity contribution in [1.82, 2.24) is 4.98 Å². The van der Waals surface area contributed by atoms with Crippen LogP contribution in [0.5, 0.6) is 0 Å². The Hall–Kier alpha value is -2.20. The summed E-state index contributed by atoms with van der Waals surface area (Å²) in [5, 5.41) is 2.91. The van der Waals surface area contributed by atoms with Gasteiger partial charge in [-0.25, -0.2) is 0 Å². The number of nitrogens with one attached hydrogen (secondary N) is 1. The van der Waals surface area contributed by atoms with E-state index in [2.05, 4.69) is 10.3 Å². The Morgan fingerprint density at radius 1 is 1.20 bits per heavy atom. The molecule has 1 aromatic heterocycles. The SMILES string of the molecule is Cc1ccc(NC(=O)C(CN)c2ccccc2)c(C)n1. The van der Waals surface area contributed by atoms with Crippen LogP contribution in [0, 0.1) is 13.8 Å². The Morgan fingerprint density at radius 2 is 1.90 bits per heavy atom. The quantitative estimate of drug-likeness (QED) is 0.895. The van der Waals surface area contributed by atoms with E-state index in [-0.39, 0.29) is 18.4 Å². The summed E-state index contributed by atoms with van der Waals surface area (Å²) < 4.78 is 0. The van der Waals surface area contributed by atoms with E-state index in [0.717, 1.165) is 22.6 Å². The van der Waals surface area contributed by atoms with Gasteiger partial charge < -0.3 is 11.1 Å². The van der Waals surface area contributed by atoms with E-state index in [1.165, 1.54) is 0 Å². The molecule has 1 unspecified atom stereocenters. The van der Waals surface area contributed by atoms with Crippen molar-refractivity contribution in [3.05, 3.63) is 59.4 Å². The molecule has 0 saturated carbocycles. The zero-order valence-corrected chi connectivity index (χ0v) is 11.8.